The molecule has 1 aliphatic rings. The van der Waals surface area contributed by atoms with Crippen molar-refractivity contribution in [2.45, 2.75) is 53.1 Å². The highest BCUT2D eigenvalue weighted by Crippen LogP contribution is 2.32. The molecule has 2 heterocycles. The summed E-state index contributed by atoms with van der Waals surface area (Å²) in [4.78, 5) is 30.1. The van der Waals surface area contributed by atoms with Crippen LogP contribution in [0, 0.1) is 20.8 Å². The van der Waals surface area contributed by atoms with Crippen LogP contribution in [-0.4, -0.2) is 72.8 Å². The molecule has 280 valence electrons. The van der Waals surface area contributed by atoms with Crippen molar-refractivity contribution < 1.29 is 24.2 Å². The van der Waals surface area contributed by atoms with Gasteiger partial charge in [0.1, 0.15) is 11.5 Å². The molecule has 0 amide bonds. The Kier molecular flexibility index (Phi) is 13.4. The molecule has 2 N–H and O–H groups in total. The molecule has 0 spiro atoms. The van der Waals surface area contributed by atoms with Crippen molar-refractivity contribution in [1.29, 1.82) is 0 Å². The number of benzene rings is 4. The van der Waals surface area contributed by atoms with E-state index in [9.17, 15) is 9.59 Å². The second kappa shape index (κ2) is 18.2. The maximum atomic E-state index is 14.1. The fourth-order valence-electron chi connectivity index (χ4n) is 7.34. The van der Waals surface area contributed by atoms with Gasteiger partial charge in [-0.25, -0.2) is 0 Å². The first kappa shape index (κ1) is 39.2. The lowest BCUT2D eigenvalue weighted by molar-refractivity contribution is -0.137. The van der Waals surface area contributed by atoms with Crippen LogP contribution in [0.25, 0.3) is 10.9 Å². The minimum atomic E-state index is -0.826. The number of hydrogen-bond donors (Lipinski definition) is 2. The number of hydrogen-bond acceptors (Lipinski definition) is 7. The monoisotopic (exact) mass is 738 g/mol. The van der Waals surface area contributed by atoms with Crippen LogP contribution in [0.5, 0.6) is 11.5 Å². The first-order chi connectivity index (χ1) is 25.2. The topological polar surface area (TPSA) is 96.3 Å². The fraction of sp³-hybridized carbons (Fsp3) is 0.349. The van der Waals surface area contributed by atoms with Gasteiger partial charge in [0.05, 0.1) is 25.1 Å². The second-order valence-corrected chi connectivity index (χ2v) is 13.7. The van der Waals surface area contributed by atoms with E-state index >= 15 is 0 Å². The van der Waals surface area contributed by atoms with Gasteiger partial charge in [-0.2, -0.15) is 0 Å². The minimum Gasteiger partial charge on any atom is -0.495 e. The number of piperazine rings is 1. The van der Waals surface area contributed by atoms with E-state index < -0.39 is 5.97 Å². The number of ketones is 1. The number of methoxy groups -OCH3 is 1. The number of rotatable bonds is 16. The quantitative estimate of drug-likeness (QED) is 0.0772. The number of para-hydroxylation sites is 3. The standard InChI is InChI=1S/C43H50N4O5.ClH/c1-30-25-31(2)35(32(3)26-30)28-44-37-17-16-33(43(50)36-29-47(19-9-15-42(48)49)38-12-6-5-11-34(36)38)27-41(37)52-24-10-18-45-20-22-46(23-21-45)39-13-7-8-14-40(39)51-4;/h5-8,11-14,16-17,25-27,29,44H,9-10,15,18-24,28H2,1-4H3,(H,48,49);1H. The first-order valence-electron chi connectivity index (χ1n) is 18.2. The van der Waals surface area contributed by atoms with Crippen molar-refractivity contribution in [3.05, 3.63) is 118 Å². The molecule has 0 aliphatic carbocycles. The highest BCUT2D eigenvalue weighted by Gasteiger charge is 2.21. The van der Waals surface area contributed by atoms with Crippen molar-refractivity contribution >= 4 is 46.4 Å². The number of aromatic nitrogens is 1. The molecule has 0 radical (unpaired) electrons. The number of carboxylic acid groups (broad SMARTS) is 1. The summed E-state index contributed by atoms with van der Waals surface area (Å²) in [7, 11) is 1.72. The molecule has 6 rings (SSSR count). The number of carbonyl (C=O) groups is 2. The molecule has 1 fully saturated rings. The molecule has 0 bridgehead atoms. The van der Waals surface area contributed by atoms with Crippen LogP contribution in [0.4, 0.5) is 11.4 Å². The van der Waals surface area contributed by atoms with E-state index in [0.29, 0.717) is 43.0 Å². The van der Waals surface area contributed by atoms with Crippen LogP contribution in [-0.2, 0) is 17.9 Å². The molecule has 5 aromatic rings. The number of carboxylic acids is 1. The molecule has 10 heteroatoms. The number of nitrogens with one attached hydrogen (secondary N) is 1. The van der Waals surface area contributed by atoms with Gasteiger partial charge in [-0.15, -0.1) is 12.4 Å². The van der Waals surface area contributed by atoms with E-state index in [-0.39, 0.29) is 24.6 Å². The normalized spacial score (nSPS) is 13.1. The summed E-state index contributed by atoms with van der Waals surface area (Å²) in [5.41, 5.74) is 9.02. The fourth-order valence-corrected chi connectivity index (χ4v) is 7.34. The molecule has 53 heavy (non-hydrogen) atoms. The number of halogens is 1. The van der Waals surface area contributed by atoms with Gasteiger partial charge in [-0.1, -0.05) is 48.0 Å². The smallest absolute Gasteiger partial charge is 0.303 e. The predicted octanol–water partition coefficient (Wildman–Crippen LogP) is 8.30. The van der Waals surface area contributed by atoms with Crippen molar-refractivity contribution in [1.82, 2.24) is 9.47 Å². The van der Waals surface area contributed by atoms with Crippen LogP contribution >= 0.6 is 12.4 Å². The molecular weight excluding hydrogens is 688 g/mol. The summed E-state index contributed by atoms with van der Waals surface area (Å²) in [5, 5.41) is 13.6. The first-order valence-corrected chi connectivity index (χ1v) is 18.2. The molecule has 1 aliphatic heterocycles. The molecule has 1 saturated heterocycles. The van der Waals surface area contributed by atoms with E-state index in [4.69, 9.17) is 14.6 Å². The summed E-state index contributed by atoms with van der Waals surface area (Å²) in [6.45, 7) is 12.8. The van der Waals surface area contributed by atoms with E-state index in [2.05, 4.69) is 60.2 Å². The van der Waals surface area contributed by atoms with Gasteiger partial charge in [0.2, 0.25) is 0 Å². The number of aryl methyl sites for hydroxylation is 4. The Bertz CT molecular complexity index is 2010. The number of anilines is 2. The van der Waals surface area contributed by atoms with Gasteiger partial charge in [0.25, 0.3) is 0 Å². The van der Waals surface area contributed by atoms with Crippen molar-refractivity contribution in [2.24, 2.45) is 0 Å². The lowest BCUT2D eigenvalue weighted by atomic mass is 9.99. The van der Waals surface area contributed by atoms with Crippen LogP contribution in [0.2, 0.25) is 0 Å². The number of ether oxygens (including phenoxy) is 2. The van der Waals surface area contributed by atoms with Crippen LogP contribution < -0.4 is 19.7 Å². The molecular formula is C43H51ClN4O5. The zero-order valence-electron chi connectivity index (χ0n) is 31.2. The average molecular weight is 739 g/mol. The molecule has 1 aromatic heterocycles. The Balaban J connectivity index is 0.00000541. The zero-order chi connectivity index (χ0) is 36.6. The van der Waals surface area contributed by atoms with Gasteiger partial charge in [0.15, 0.2) is 5.78 Å². The maximum Gasteiger partial charge on any atom is 0.303 e. The van der Waals surface area contributed by atoms with Gasteiger partial charge in [-0.05, 0) is 86.7 Å². The summed E-state index contributed by atoms with van der Waals surface area (Å²) in [6, 6.07) is 26.1. The second-order valence-electron chi connectivity index (χ2n) is 13.7. The summed E-state index contributed by atoms with van der Waals surface area (Å²) < 4.78 is 14.1. The van der Waals surface area contributed by atoms with Gasteiger partial charge < -0.3 is 29.4 Å². The van der Waals surface area contributed by atoms with Crippen molar-refractivity contribution in [2.75, 3.05) is 56.7 Å². The van der Waals surface area contributed by atoms with Gasteiger partial charge in [0, 0.05) is 80.5 Å². The van der Waals surface area contributed by atoms with E-state index in [1.807, 2.05) is 65.4 Å². The number of aliphatic carboxylic acids is 1. The molecule has 4 aromatic carbocycles. The summed E-state index contributed by atoms with van der Waals surface area (Å²) in [6.07, 6.45) is 3.27. The lowest BCUT2D eigenvalue weighted by Crippen LogP contribution is -2.46. The number of nitrogens with zero attached hydrogens (tertiary/aromatic N) is 3. The third-order valence-corrected chi connectivity index (χ3v) is 10.0. The minimum absolute atomic E-state index is 0. The Morgan fingerprint density at radius 2 is 1.55 bits per heavy atom. The van der Waals surface area contributed by atoms with E-state index in [0.717, 1.165) is 67.2 Å². The molecule has 0 unspecified atom stereocenters. The Morgan fingerprint density at radius 3 is 2.28 bits per heavy atom. The zero-order valence-corrected chi connectivity index (χ0v) is 32.0. The summed E-state index contributed by atoms with van der Waals surface area (Å²) >= 11 is 0. The Labute approximate surface area is 318 Å². The third kappa shape index (κ3) is 9.52. The van der Waals surface area contributed by atoms with Crippen molar-refractivity contribution in [3.8, 4) is 11.5 Å². The SMILES string of the molecule is COc1ccccc1N1CCN(CCCOc2cc(C(=O)c3cn(CCCC(=O)O)c4ccccc34)ccc2NCc2c(C)cc(C)cc2C)CC1.Cl. The predicted molar refractivity (Wildman–Crippen MR) is 216 cm³/mol. The highest BCUT2D eigenvalue weighted by molar-refractivity contribution is 6.16. The average Bonchev–Trinajstić information content (AvgIpc) is 3.51. The number of carbonyl (C=O) groups excluding carboxylic acids is 1. The highest BCUT2D eigenvalue weighted by atomic mass is 35.5. The van der Waals surface area contributed by atoms with Gasteiger partial charge >= 0.3 is 5.97 Å². The third-order valence-electron chi connectivity index (χ3n) is 10.0. The van der Waals surface area contributed by atoms with Crippen LogP contribution in [0.3, 0.4) is 0 Å². The molecule has 9 nitrogen and oxygen atoms in total. The van der Waals surface area contributed by atoms with Gasteiger partial charge in [-0.3, -0.25) is 14.5 Å². The van der Waals surface area contributed by atoms with Crippen LogP contribution in [0.15, 0.2) is 85.1 Å². The van der Waals surface area contributed by atoms with E-state index in [1.165, 1.54) is 22.3 Å². The van der Waals surface area contributed by atoms with Crippen LogP contribution in [0.1, 0.15) is 57.4 Å². The molecule has 0 saturated carbocycles. The molecule has 0 atom stereocenters. The maximum absolute atomic E-state index is 14.1. The van der Waals surface area contributed by atoms with E-state index in [1.54, 1.807) is 7.11 Å². The largest absolute Gasteiger partial charge is 0.495 e. The summed E-state index contributed by atoms with van der Waals surface area (Å²) in [5.74, 6) is 0.638. The number of fused-ring (bicyclic) bond motifs is 1. The Morgan fingerprint density at radius 1 is 0.830 bits per heavy atom. The Hall–Kier alpha value is -4.99. The lowest BCUT2D eigenvalue weighted by Gasteiger charge is -2.36. The van der Waals surface area contributed by atoms with Crippen molar-refractivity contribution in [3.63, 3.8) is 0 Å².